The molecule has 0 saturated heterocycles. The Kier molecular flexibility index (Phi) is 6.30. The predicted octanol–water partition coefficient (Wildman–Crippen LogP) is 2.68. The molecule has 4 heteroatoms. The quantitative estimate of drug-likeness (QED) is 0.735. The Hall–Kier alpha value is -1.72. The van der Waals surface area contributed by atoms with Crippen LogP contribution in [0.1, 0.15) is 25.0 Å². The van der Waals surface area contributed by atoms with Crippen LogP contribution in [0.3, 0.4) is 0 Å². The van der Waals surface area contributed by atoms with Crippen LogP contribution < -0.4 is 0 Å². The van der Waals surface area contributed by atoms with Crippen LogP contribution in [0.5, 0.6) is 0 Å². The summed E-state index contributed by atoms with van der Waals surface area (Å²) in [6.45, 7) is 4.40. The van der Waals surface area contributed by atoms with Gasteiger partial charge in [-0.2, -0.15) is 0 Å². The maximum Gasteiger partial charge on any atom is 0.186 e. The second-order valence-corrected chi connectivity index (χ2v) is 5.22. The van der Waals surface area contributed by atoms with E-state index in [2.05, 4.69) is 0 Å². The fourth-order valence-corrected chi connectivity index (χ4v) is 2.65. The first-order chi connectivity index (χ1) is 11.1. The van der Waals surface area contributed by atoms with Crippen molar-refractivity contribution in [1.82, 2.24) is 0 Å². The van der Waals surface area contributed by atoms with Crippen LogP contribution in [-0.2, 0) is 15.1 Å². The van der Waals surface area contributed by atoms with Gasteiger partial charge >= 0.3 is 0 Å². The first-order valence-electron chi connectivity index (χ1n) is 7.89. The van der Waals surface area contributed by atoms with E-state index in [-0.39, 0.29) is 0 Å². The molecule has 0 fully saturated rings. The second kappa shape index (κ2) is 8.22. The van der Waals surface area contributed by atoms with E-state index in [1.807, 2.05) is 50.2 Å². The average molecular weight is 316 g/mol. The van der Waals surface area contributed by atoms with Gasteiger partial charge in [-0.05, 0) is 25.0 Å². The third-order valence-corrected chi connectivity index (χ3v) is 3.78. The van der Waals surface area contributed by atoms with Crippen LogP contribution in [0.2, 0.25) is 0 Å². The summed E-state index contributed by atoms with van der Waals surface area (Å²) in [6, 6.07) is 18.2. The van der Waals surface area contributed by atoms with Gasteiger partial charge in [-0.25, -0.2) is 0 Å². The van der Waals surface area contributed by atoms with E-state index in [9.17, 15) is 10.2 Å². The average Bonchev–Trinajstić information content (AvgIpc) is 2.61. The van der Waals surface area contributed by atoms with Gasteiger partial charge in [0.25, 0.3) is 0 Å². The molecule has 124 valence electrons. The van der Waals surface area contributed by atoms with E-state index < -0.39 is 18.0 Å². The number of ether oxygens (including phenoxy) is 2. The molecule has 0 heterocycles. The largest absolute Gasteiger partial charge is 0.384 e. The molecule has 1 atom stereocenters. The Balaban J connectivity index is 2.49. The van der Waals surface area contributed by atoms with Crippen LogP contribution in [0.15, 0.2) is 60.7 Å². The van der Waals surface area contributed by atoms with Crippen molar-refractivity contribution >= 4 is 0 Å². The number of benzene rings is 2. The molecule has 2 aromatic rings. The van der Waals surface area contributed by atoms with E-state index in [1.54, 1.807) is 24.3 Å². The summed E-state index contributed by atoms with van der Waals surface area (Å²) in [5.41, 5.74) is -0.455. The van der Waals surface area contributed by atoms with E-state index in [0.29, 0.717) is 24.3 Å². The van der Waals surface area contributed by atoms with E-state index >= 15 is 0 Å². The van der Waals surface area contributed by atoms with Gasteiger partial charge in [0.15, 0.2) is 6.29 Å². The highest BCUT2D eigenvalue weighted by atomic mass is 16.7. The molecular formula is C19H24O4. The van der Waals surface area contributed by atoms with Gasteiger partial charge < -0.3 is 19.7 Å². The van der Waals surface area contributed by atoms with Gasteiger partial charge in [0.05, 0.1) is 0 Å². The summed E-state index contributed by atoms with van der Waals surface area (Å²) in [5, 5.41) is 22.3. The van der Waals surface area contributed by atoms with Crippen LogP contribution in [-0.4, -0.2) is 35.8 Å². The zero-order valence-electron chi connectivity index (χ0n) is 13.6. The van der Waals surface area contributed by atoms with Gasteiger partial charge in [0.2, 0.25) is 0 Å². The molecule has 0 saturated carbocycles. The maximum absolute atomic E-state index is 11.4. The highest BCUT2D eigenvalue weighted by Crippen LogP contribution is 2.35. The fraction of sp³-hybridized carbons (Fsp3) is 0.368. The molecule has 2 aromatic carbocycles. The van der Waals surface area contributed by atoms with Crippen molar-refractivity contribution in [2.24, 2.45) is 0 Å². The third-order valence-electron chi connectivity index (χ3n) is 3.78. The normalized spacial score (nSPS) is 13.3. The van der Waals surface area contributed by atoms with Crippen molar-refractivity contribution < 1.29 is 19.7 Å². The molecule has 0 radical (unpaired) electrons. The van der Waals surface area contributed by atoms with Gasteiger partial charge in [-0.1, -0.05) is 60.7 Å². The van der Waals surface area contributed by atoms with Crippen molar-refractivity contribution in [3.63, 3.8) is 0 Å². The van der Waals surface area contributed by atoms with E-state index in [1.165, 1.54) is 0 Å². The Morgan fingerprint density at radius 1 is 0.826 bits per heavy atom. The highest BCUT2D eigenvalue weighted by molar-refractivity contribution is 5.37. The summed E-state index contributed by atoms with van der Waals surface area (Å²) < 4.78 is 11.0. The Bertz CT molecular complexity index is 525. The molecule has 0 aromatic heterocycles. The molecule has 0 spiro atoms. The zero-order chi connectivity index (χ0) is 16.7. The van der Waals surface area contributed by atoms with Crippen molar-refractivity contribution in [2.45, 2.75) is 31.8 Å². The third kappa shape index (κ3) is 3.79. The minimum absolute atomic E-state index is 0.376. The van der Waals surface area contributed by atoms with Gasteiger partial charge in [-0.3, -0.25) is 0 Å². The SMILES string of the molecule is CCOC(OCC)[C@H](O)C(O)(c1ccccc1)c1ccccc1. The lowest BCUT2D eigenvalue weighted by molar-refractivity contribution is -0.230. The summed E-state index contributed by atoms with van der Waals surface area (Å²) in [6.07, 6.45) is -2.19. The molecule has 0 unspecified atom stereocenters. The number of aliphatic hydroxyl groups excluding tert-OH is 1. The standard InChI is InChI=1S/C19H24O4/c1-3-22-18(23-4-2)17(20)19(21,15-11-7-5-8-12-15)16-13-9-6-10-14-16/h5-14,17-18,20-21H,3-4H2,1-2H3/t17-/m0/s1. The summed E-state index contributed by atoms with van der Waals surface area (Å²) in [7, 11) is 0. The number of hydrogen-bond acceptors (Lipinski definition) is 4. The van der Waals surface area contributed by atoms with Crippen molar-refractivity contribution in [1.29, 1.82) is 0 Å². The van der Waals surface area contributed by atoms with Gasteiger partial charge in [0, 0.05) is 13.2 Å². The number of aliphatic hydroxyl groups is 2. The van der Waals surface area contributed by atoms with Gasteiger partial charge in [0.1, 0.15) is 11.7 Å². The Morgan fingerprint density at radius 3 is 1.57 bits per heavy atom. The molecule has 2 rings (SSSR count). The molecule has 0 aliphatic heterocycles. The number of rotatable bonds is 8. The molecule has 23 heavy (non-hydrogen) atoms. The molecule has 0 aliphatic rings. The lowest BCUT2D eigenvalue weighted by atomic mass is 9.81. The van der Waals surface area contributed by atoms with Crippen LogP contribution in [0.25, 0.3) is 0 Å². The lowest BCUT2D eigenvalue weighted by Gasteiger charge is -2.37. The molecule has 0 bridgehead atoms. The summed E-state index contributed by atoms with van der Waals surface area (Å²) in [4.78, 5) is 0. The van der Waals surface area contributed by atoms with Crippen LogP contribution in [0.4, 0.5) is 0 Å². The van der Waals surface area contributed by atoms with Crippen molar-refractivity contribution in [2.75, 3.05) is 13.2 Å². The van der Waals surface area contributed by atoms with Crippen molar-refractivity contribution in [3.05, 3.63) is 71.8 Å². The smallest absolute Gasteiger partial charge is 0.186 e. The molecular weight excluding hydrogens is 292 g/mol. The minimum Gasteiger partial charge on any atom is -0.384 e. The monoisotopic (exact) mass is 316 g/mol. The number of hydrogen-bond donors (Lipinski definition) is 2. The highest BCUT2D eigenvalue weighted by Gasteiger charge is 2.44. The first-order valence-corrected chi connectivity index (χ1v) is 7.89. The summed E-state index contributed by atoms with van der Waals surface area (Å²) >= 11 is 0. The molecule has 0 aliphatic carbocycles. The molecule has 0 amide bonds. The van der Waals surface area contributed by atoms with Crippen LogP contribution in [0, 0.1) is 0 Å². The maximum atomic E-state index is 11.4. The Morgan fingerprint density at radius 2 is 1.22 bits per heavy atom. The first kappa shape index (κ1) is 17.6. The van der Waals surface area contributed by atoms with Crippen LogP contribution >= 0.6 is 0 Å². The zero-order valence-corrected chi connectivity index (χ0v) is 13.6. The molecule has 2 N–H and O–H groups in total. The Labute approximate surface area is 137 Å². The van der Waals surface area contributed by atoms with E-state index in [4.69, 9.17) is 9.47 Å². The predicted molar refractivity (Wildman–Crippen MR) is 88.9 cm³/mol. The fourth-order valence-electron chi connectivity index (χ4n) is 2.65. The van der Waals surface area contributed by atoms with E-state index in [0.717, 1.165) is 0 Å². The van der Waals surface area contributed by atoms with Crippen molar-refractivity contribution in [3.8, 4) is 0 Å². The summed E-state index contributed by atoms with van der Waals surface area (Å²) in [5.74, 6) is 0. The second-order valence-electron chi connectivity index (χ2n) is 5.22. The lowest BCUT2D eigenvalue weighted by Crippen LogP contribution is -2.49. The molecule has 4 nitrogen and oxygen atoms in total. The topological polar surface area (TPSA) is 58.9 Å². The van der Waals surface area contributed by atoms with Gasteiger partial charge in [-0.15, -0.1) is 0 Å². The minimum atomic E-state index is -1.63.